The molecular weight excluding hydrogens is 151 g/mol. The standard InChI is InChI=1S/C9H11BO2/c11-10-12-9-5-3-8(4-6-9)7-1-2-7/h3-7,10-11H,1-2H2. The highest BCUT2D eigenvalue weighted by Gasteiger charge is 2.22. The highest BCUT2D eigenvalue weighted by molar-refractivity contribution is 6.17. The van der Waals surface area contributed by atoms with Crippen LogP contribution >= 0.6 is 0 Å². The van der Waals surface area contributed by atoms with Crippen molar-refractivity contribution in [3.63, 3.8) is 0 Å². The van der Waals surface area contributed by atoms with E-state index in [9.17, 15) is 0 Å². The summed E-state index contributed by atoms with van der Waals surface area (Å²) in [5, 5.41) is 8.49. The van der Waals surface area contributed by atoms with E-state index < -0.39 is 0 Å². The van der Waals surface area contributed by atoms with Gasteiger partial charge in [0.25, 0.3) is 0 Å². The Morgan fingerprint density at radius 1 is 1.25 bits per heavy atom. The second kappa shape index (κ2) is 3.19. The van der Waals surface area contributed by atoms with Crippen molar-refractivity contribution in [3.05, 3.63) is 29.8 Å². The van der Waals surface area contributed by atoms with E-state index in [2.05, 4.69) is 12.1 Å². The molecule has 0 amide bonds. The topological polar surface area (TPSA) is 29.5 Å². The summed E-state index contributed by atoms with van der Waals surface area (Å²) in [6.45, 7) is 0. The van der Waals surface area contributed by atoms with Gasteiger partial charge in [-0.2, -0.15) is 0 Å². The van der Waals surface area contributed by atoms with Gasteiger partial charge < -0.3 is 9.68 Å². The fraction of sp³-hybridized carbons (Fsp3) is 0.333. The summed E-state index contributed by atoms with van der Waals surface area (Å²) in [4.78, 5) is 0. The third-order valence-corrected chi connectivity index (χ3v) is 2.16. The Kier molecular flexibility index (Phi) is 2.04. The van der Waals surface area contributed by atoms with Gasteiger partial charge in [0, 0.05) is 0 Å². The first-order valence-electron chi connectivity index (χ1n) is 4.24. The lowest BCUT2D eigenvalue weighted by atomic mass is 10.1. The largest absolute Gasteiger partial charge is 0.539 e. The van der Waals surface area contributed by atoms with Gasteiger partial charge in [-0.3, -0.25) is 0 Å². The zero-order valence-corrected chi connectivity index (χ0v) is 6.86. The quantitative estimate of drug-likeness (QED) is 0.676. The van der Waals surface area contributed by atoms with Crippen molar-refractivity contribution in [2.24, 2.45) is 0 Å². The molecule has 0 radical (unpaired) electrons. The van der Waals surface area contributed by atoms with Crippen molar-refractivity contribution in [2.45, 2.75) is 18.8 Å². The van der Waals surface area contributed by atoms with Gasteiger partial charge in [-0.15, -0.1) is 0 Å². The molecule has 1 saturated carbocycles. The number of rotatable bonds is 3. The molecule has 1 aliphatic rings. The van der Waals surface area contributed by atoms with E-state index in [1.54, 1.807) is 0 Å². The summed E-state index contributed by atoms with van der Waals surface area (Å²) in [7, 11) is -0.247. The minimum atomic E-state index is -0.247. The summed E-state index contributed by atoms with van der Waals surface area (Å²) in [5.74, 6) is 1.52. The zero-order chi connectivity index (χ0) is 8.39. The second-order valence-electron chi connectivity index (χ2n) is 3.12. The minimum absolute atomic E-state index is 0.247. The molecule has 0 heterocycles. The van der Waals surface area contributed by atoms with Gasteiger partial charge >= 0.3 is 7.69 Å². The molecule has 0 bridgehead atoms. The smallest absolute Gasteiger partial charge is 0.504 e. The third-order valence-electron chi connectivity index (χ3n) is 2.16. The lowest BCUT2D eigenvalue weighted by Crippen LogP contribution is -1.99. The summed E-state index contributed by atoms with van der Waals surface area (Å²) in [5.41, 5.74) is 1.39. The third kappa shape index (κ3) is 1.61. The molecule has 0 unspecified atom stereocenters. The molecule has 2 nitrogen and oxygen atoms in total. The molecule has 3 heteroatoms. The summed E-state index contributed by atoms with van der Waals surface area (Å²) in [6.07, 6.45) is 2.64. The van der Waals surface area contributed by atoms with Crippen LogP contribution in [0.4, 0.5) is 0 Å². The number of benzene rings is 1. The van der Waals surface area contributed by atoms with Crippen LogP contribution in [-0.2, 0) is 0 Å². The molecule has 0 aliphatic heterocycles. The van der Waals surface area contributed by atoms with Crippen LogP contribution in [0.25, 0.3) is 0 Å². The molecule has 2 rings (SSSR count). The average molecular weight is 162 g/mol. The molecule has 1 fully saturated rings. The first-order chi connectivity index (χ1) is 5.90. The monoisotopic (exact) mass is 162 g/mol. The SMILES string of the molecule is OBOc1ccc(C2CC2)cc1. The Bertz CT molecular complexity index is 254. The summed E-state index contributed by atoms with van der Waals surface area (Å²) >= 11 is 0. The van der Waals surface area contributed by atoms with Crippen molar-refractivity contribution >= 4 is 7.69 Å². The van der Waals surface area contributed by atoms with Crippen molar-refractivity contribution < 1.29 is 9.68 Å². The van der Waals surface area contributed by atoms with E-state index in [1.807, 2.05) is 12.1 Å². The Morgan fingerprint density at radius 3 is 2.42 bits per heavy atom. The lowest BCUT2D eigenvalue weighted by Gasteiger charge is -2.02. The van der Waals surface area contributed by atoms with Crippen LogP contribution < -0.4 is 4.65 Å². The van der Waals surface area contributed by atoms with Crippen LogP contribution in [0.1, 0.15) is 24.3 Å². The van der Waals surface area contributed by atoms with Crippen LogP contribution in [0.15, 0.2) is 24.3 Å². The Labute approximate surface area is 72.5 Å². The van der Waals surface area contributed by atoms with Gasteiger partial charge in [-0.1, -0.05) is 12.1 Å². The van der Waals surface area contributed by atoms with Gasteiger partial charge in [0.15, 0.2) is 0 Å². The Balaban J connectivity index is 2.08. The van der Waals surface area contributed by atoms with Crippen molar-refractivity contribution in [1.29, 1.82) is 0 Å². The fourth-order valence-electron chi connectivity index (χ4n) is 1.33. The van der Waals surface area contributed by atoms with E-state index in [4.69, 9.17) is 9.68 Å². The molecule has 0 aromatic heterocycles. The zero-order valence-electron chi connectivity index (χ0n) is 6.86. The van der Waals surface area contributed by atoms with Crippen LogP contribution in [0.5, 0.6) is 5.75 Å². The molecule has 12 heavy (non-hydrogen) atoms. The normalized spacial score (nSPS) is 15.8. The van der Waals surface area contributed by atoms with Crippen LogP contribution in [0.2, 0.25) is 0 Å². The van der Waals surface area contributed by atoms with Crippen molar-refractivity contribution in [3.8, 4) is 5.75 Å². The van der Waals surface area contributed by atoms with E-state index in [-0.39, 0.29) is 7.69 Å². The average Bonchev–Trinajstić information content (AvgIpc) is 2.89. The molecule has 0 spiro atoms. The summed E-state index contributed by atoms with van der Waals surface area (Å²) < 4.78 is 4.92. The van der Waals surface area contributed by atoms with Crippen LogP contribution in [-0.4, -0.2) is 12.7 Å². The van der Waals surface area contributed by atoms with Gasteiger partial charge in [-0.05, 0) is 36.5 Å². The van der Waals surface area contributed by atoms with E-state index >= 15 is 0 Å². The molecule has 1 aliphatic carbocycles. The summed E-state index contributed by atoms with van der Waals surface area (Å²) in [6, 6.07) is 7.96. The lowest BCUT2D eigenvalue weighted by molar-refractivity contribution is 0.453. The predicted octanol–water partition coefficient (Wildman–Crippen LogP) is 1.20. The van der Waals surface area contributed by atoms with Crippen LogP contribution in [0, 0.1) is 0 Å². The molecule has 1 aromatic rings. The maximum atomic E-state index is 8.49. The van der Waals surface area contributed by atoms with Crippen LogP contribution in [0.3, 0.4) is 0 Å². The highest BCUT2D eigenvalue weighted by atomic mass is 16.5. The second-order valence-corrected chi connectivity index (χ2v) is 3.12. The van der Waals surface area contributed by atoms with Gasteiger partial charge in [0.1, 0.15) is 5.75 Å². The number of hydrogen-bond acceptors (Lipinski definition) is 2. The van der Waals surface area contributed by atoms with Crippen molar-refractivity contribution in [1.82, 2.24) is 0 Å². The molecule has 62 valence electrons. The molecular formula is C9H11BO2. The van der Waals surface area contributed by atoms with Crippen molar-refractivity contribution in [2.75, 3.05) is 0 Å². The highest BCUT2D eigenvalue weighted by Crippen LogP contribution is 2.40. The molecule has 0 atom stereocenters. The van der Waals surface area contributed by atoms with E-state index in [1.165, 1.54) is 18.4 Å². The van der Waals surface area contributed by atoms with Gasteiger partial charge in [0.05, 0.1) is 0 Å². The maximum absolute atomic E-state index is 8.49. The maximum Gasteiger partial charge on any atom is 0.504 e. The van der Waals surface area contributed by atoms with Gasteiger partial charge in [0.2, 0.25) is 0 Å². The van der Waals surface area contributed by atoms with E-state index in [0.29, 0.717) is 0 Å². The number of hydrogen-bond donors (Lipinski definition) is 1. The first kappa shape index (κ1) is 7.68. The fourth-order valence-corrected chi connectivity index (χ4v) is 1.33. The Morgan fingerprint density at radius 2 is 1.92 bits per heavy atom. The van der Waals surface area contributed by atoms with E-state index in [0.717, 1.165) is 11.7 Å². The predicted molar refractivity (Wildman–Crippen MR) is 48.4 cm³/mol. The Hall–Kier alpha value is -0.955. The molecule has 1 N–H and O–H groups in total. The first-order valence-corrected chi connectivity index (χ1v) is 4.24. The van der Waals surface area contributed by atoms with Gasteiger partial charge in [-0.25, -0.2) is 0 Å². The molecule has 0 saturated heterocycles. The molecule has 1 aromatic carbocycles. The minimum Gasteiger partial charge on any atom is -0.539 e.